The molecule has 0 saturated carbocycles. The Kier molecular flexibility index (Phi) is 8.74. The van der Waals surface area contributed by atoms with Crippen LogP contribution in [0.15, 0.2) is 48.5 Å². The van der Waals surface area contributed by atoms with E-state index in [9.17, 15) is 14.7 Å². The number of amides is 2. The van der Waals surface area contributed by atoms with Crippen molar-refractivity contribution >= 4 is 26.1 Å². The van der Waals surface area contributed by atoms with Crippen molar-refractivity contribution in [2.24, 2.45) is 5.92 Å². The Morgan fingerprint density at radius 3 is 2.61 bits per heavy atom. The van der Waals surface area contributed by atoms with Gasteiger partial charge in [0.25, 0.3) is 0 Å². The minimum absolute atomic E-state index is 0.0268. The second-order valence-electron chi connectivity index (χ2n) is 10.5. The first-order valence-corrected chi connectivity index (χ1v) is 16.0. The van der Waals surface area contributed by atoms with Gasteiger partial charge in [-0.2, -0.15) is 0 Å². The first kappa shape index (κ1) is 28.1. The molecule has 10 heteroatoms. The first-order valence-electron chi connectivity index (χ1n) is 13.0. The van der Waals surface area contributed by atoms with Crippen LogP contribution in [-0.4, -0.2) is 69.9 Å². The first-order chi connectivity index (χ1) is 18.1. The molecule has 206 valence electrons. The van der Waals surface area contributed by atoms with Crippen molar-refractivity contribution in [2.45, 2.75) is 50.7 Å². The maximum absolute atomic E-state index is 15.9. The van der Waals surface area contributed by atoms with Crippen molar-refractivity contribution in [1.29, 1.82) is 0 Å². The van der Waals surface area contributed by atoms with Gasteiger partial charge in [0.2, 0.25) is 14.3 Å². The van der Waals surface area contributed by atoms with Crippen LogP contribution in [0.5, 0.6) is 5.75 Å². The molecule has 8 nitrogen and oxygen atoms in total. The van der Waals surface area contributed by atoms with Crippen LogP contribution in [0.3, 0.4) is 0 Å². The highest BCUT2D eigenvalue weighted by atomic mass is 28.4. The summed E-state index contributed by atoms with van der Waals surface area (Å²) in [5.74, 6) is 0.0852. The molecule has 0 radical (unpaired) electrons. The van der Waals surface area contributed by atoms with Crippen LogP contribution in [0.4, 0.5) is 14.6 Å². The number of methoxy groups -OCH3 is 1. The Morgan fingerprint density at radius 2 is 2.00 bits per heavy atom. The zero-order valence-corrected chi connectivity index (χ0v) is 23.4. The van der Waals surface area contributed by atoms with Gasteiger partial charge in [-0.3, -0.25) is 9.69 Å². The Balaban J connectivity index is 1.59. The molecule has 2 aromatic rings. The molecule has 2 heterocycles. The maximum Gasteiger partial charge on any atom is 0.414 e. The van der Waals surface area contributed by atoms with E-state index in [1.807, 2.05) is 43.3 Å². The fourth-order valence-electron chi connectivity index (χ4n) is 5.44. The van der Waals surface area contributed by atoms with Gasteiger partial charge in [0.15, 0.2) is 0 Å². The Hall–Kier alpha value is -2.95. The number of cyclic esters (lactones) is 1. The highest BCUT2D eigenvalue weighted by molar-refractivity contribution is 6.72. The minimum Gasteiger partial charge on any atom is -0.490 e. The van der Waals surface area contributed by atoms with Crippen LogP contribution in [-0.2, 0) is 20.8 Å². The zero-order chi connectivity index (χ0) is 27.4. The van der Waals surface area contributed by atoms with Crippen LogP contribution in [0.2, 0.25) is 18.6 Å². The summed E-state index contributed by atoms with van der Waals surface area (Å²) in [6.45, 7) is 6.29. The molecule has 0 aliphatic carbocycles. The van der Waals surface area contributed by atoms with Gasteiger partial charge in [-0.1, -0.05) is 37.3 Å². The predicted octanol–water partition coefficient (Wildman–Crippen LogP) is 4.68. The lowest BCUT2D eigenvalue weighted by Crippen LogP contribution is -2.48. The molecular weight excluding hydrogens is 507 g/mol. The van der Waals surface area contributed by atoms with Gasteiger partial charge in [-0.25, -0.2) is 4.79 Å². The van der Waals surface area contributed by atoms with E-state index in [1.165, 1.54) is 0 Å². The fourth-order valence-corrected chi connectivity index (χ4v) is 7.26. The van der Waals surface area contributed by atoms with Crippen LogP contribution in [0.1, 0.15) is 30.6 Å². The number of hydrogen-bond acceptors (Lipinski definition) is 6. The molecule has 0 aromatic heterocycles. The molecule has 2 aliphatic heterocycles. The van der Waals surface area contributed by atoms with E-state index in [0.717, 1.165) is 11.1 Å². The Bertz CT molecular complexity index is 1130. The predicted molar refractivity (Wildman–Crippen MR) is 144 cm³/mol. The standard InChI is InChI=1S/C28H37FN2O6Si/c1-19-26(35-2)22-16-21(31-13-15-36-28(31)34)10-11-23(22)37-27(19)24(38(3,4)29)17-25(33)30(12-14-32)18-20-8-6-5-7-9-20/h5-11,16,19,24,26-27,32H,12-15,17-18H2,1-4H3/t19-,24?,26-,27-/m0/s1. The van der Waals surface area contributed by atoms with Gasteiger partial charge < -0.3 is 28.3 Å². The maximum atomic E-state index is 15.9. The van der Waals surface area contributed by atoms with Crippen molar-refractivity contribution < 1.29 is 33.0 Å². The van der Waals surface area contributed by atoms with E-state index in [0.29, 0.717) is 31.1 Å². The molecule has 38 heavy (non-hydrogen) atoms. The van der Waals surface area contributed by atoms with Crippen LogP contribution < -0.4 is 9.64 Å². The molecule has 0 spiro atoms. The van der Waals surface area contributed by atoms with Gasteiger partial charge in [0.05, 0.1) is 19.3 Å². The summed E-state index contributed by atoms with van der Waals surface area (Å²) in [5, 5.41) is 9.61. The number of benzene rings is 2. The van der Waals surface area contributed by atoms with Crippen molar-refractivity contribution in [3.05, 3.63) is 59.7 Å². The summed E-state index contributed by atoms with van der Waals surface area (Å²) in [4.78, 5) is 28.7. The second-order valence-corrected chi connectivity index (χ2v) is 14.4. The Labute approximate surface area is 224 Å². The number of carbonyl (C=O) groups excluding carboxylic acids is 2. The summed E-state index contributed by atoms with van der Waals surface area (Å²) in [7, 11) is -1.80. The van der Waals surface area contributed by atoms with E-state index >= 15 is 4.11 Å². The second kappa shape index (κ2) is 11.8. The largest absolute Gasteiger partial charge is 0.490 e. The van der Waals surface area contributed by atoms with E-state index in [1.54, 1.807) is 42.1 Å². The molecule has 1 saturated heterocycles. The summed E-state index contributed by atoms with van der Waals surface area (Å²) in [6, 6.07) is 15.0. The number of ether oxygens (including phenoxy) is 3. The monoisotopic (exact) mass is 544 g/mol. The van der Waals surface area contributed by atoms with Crippen LogP contribution in [0.25, 0.3) is 0 Å². The van der Waals surface area contributed by atoms with Crippen molar-refractivity contribution in [1.82, 2.24) is 4.90 Å². The molecule has 1 N–H and O–H groups in total. The van der Waals surface area contributed by atoms with Crippen LogP contribution in [0, 0.1) is 5.92 Å². The number of halogens is 1. The molecule has 2 aliphatic rings. The topological polar surface area (TPSA) is 88.5 Å². The van der Waals surface area contributed by atoms with Gasteiger partial charge >= 0.3 is 6.09 Å². The van der Waals surface area contributed by atoms with E-state index < -0.39 is 32.3 Å². The van der Waals surface area contributed by atoms with Gasteiger partial charge in [-0.05, 0) is 36.9 Å². The number of anilines is 1. The average Bonchev–Trinajstić information content (AvgIpc) is 3.32. The summed E-state index contributed by atoms with van der Waals surface area (Å²) >= 11 is 0. The van der Waals surface area contributed by atoms with Gasteiger partial charge in [0, 0.05) is 49.3 Å². The summed E-state index contributed by atoms with van der Waals surface area (Å²) < 4.78 is 33.3. The normalized spacial score (nSPS) is 21.9. The number of aliphatic hydroxyl groups excluding tert-OH is 1. The highest BCUT2D eigenvalue weighted by Gasteiger charge is 2.48. The number of carbonyl (C=O) groups is 2. The summed E-state index contributed by atoms with van der Waals surface area (Å²) in [5.41, 5.74) is 1.77. The SMILES string of the molecule is CO[C@@H]1c2cc(N3CCOC3=O)ccc2O[C@H](C(CC(=O)N(CCO)Cc2ccccc2)[Si](C)(C)F)[C@H]1C. The highest BCUT2D eigenvalue weighted by Crippen LogP contribution is 2.48. The fraction of sp³-hybridized carbons (Fsp3) is 0.500. The number of rotatable bonds is 10. The smallest absolute Gasteiger partial charge is 0.414 e. The van der Waals surface area contributed by atoms with E-state index in [4.69, 9.17) is 14.2 Å². The third-order valence-electron chi connectivity index (χ3n) is 7.50. The quantitative estimate of drug-likeness (QED) is 0.345. The lowest BCUT2D eigenvalue weighted by atomic mass is 9.86. The number of aliphatic hydroxyl groups is 1. The molecule has 2 amide bonds. The molecular formula is C28H37FN2O6Si. The third kappa shape index (κ3) is 6.03. The number of fused-ring (bicyclic) bond motifs is 1. The van der Waals surface area contributed by atoms with Crippen molar-refractivity contribution in [2.75, 3.05) is 38.3 Å². The number of hydrogen-bond donors (Lipinski definition) is 1. The molecule has 2 aromatic carbocycles. The van der Waals surface area contributed by atoms with Gasteiger partial charge in [-0.15, -0.1) is 0 Å². The molecule has 1 fully saturated rings. The molecule has 0 bridgehead atoms. The van der Waals surface area contributed by atoms with E-state index in [-0.39, 0.29) is 31.4 Å². The average molecular weight is 545 g/mol. The van der Waals surface area contributed by atoms with E-state index in [2.05, 4.69) is 0 Å². The van der Waals surface area contributed by atoms with Crippen LogP contribution >= 0.6 is 0 Å². The Morgan fingerprint density at radius 1 is 1.26 bits per heavy atom. The van der Waals surface area contributed by atoms with Crippen molar-refractivity contribution in [3.63, 3.8) is 0 Å². The lowest BCUT2D eigenvalue weighted by molar-refractivity contribution is -0.133. The molecule has 4 atom stereocenters. The van der Waals surface area contributed by atoms with Gasteiger partial charge in [0.1, 0.15) is 18.5 Å². The lowest BCUT2D eigenvalue weighted by Gasteiger charge is -2.43. The zero-order valence-electron chi connectivity index (χ0n) is 22.4. The number of nitrogens with zero attached hydrogens (tertiary/aromatic N) is 2. The third-order valence-corrected chi connectivity index (χ3v) is 9.79. The van der Waals surface area contributed by atoms with Crippen molar-refractivity contribution in [3.8, 4) is 5.75 Å². The minimum atomic E-state index is -3.40. The molecule has 4 rings (SSSR count). The molecule has 1 unspecified atom stereocenters. The summed E-state index contributed by atoms with van der Waals surface area (Å²) in [6.07, 6.45) is -1.41.